The first-order chi connectivity index (χ1) is 14.1. The predicted molar refractivity (Wildman–Crippen MR) is 112 cm³/mol. The molecular formula is C22H24N4O3. The van der Waals surface area contributed by atoms with Crippen LogP contribution in [0.3, 0.4) is 0 Å². The number of anilines is 1. The fourth-order valence-corrected chi connectivity index (χ4v) is 3.12. The molecule has 29 heavy (non-hydrogen) atoms. The second-order valence-electron chi connectivity index (χ2n) is 6.45. The molecule has 0 spiro atoms. The van der Waals surface area contributed by atoms with Crippen LogP contribution in [0.25, 0.3) is 5.69 Å². The average Bonchev–Trinajstić information content (AvgIpc) is 2.95. The van der Waals surface area contributed by atoms with Crippen molar-refractivity contribution in [2.45, 2.75) is 20.4 Å². The minimum absolute atomic E-state index is 0.0418. The molecule has 0 atom stereocenters. The molecule has 0 bridgehead atoms. The lowest BCUT2D eigenvalue weighted by atomic mass is 10.2. The van der Waals surface area contributed by atoms with Gasteiger partial charge in [0.15, 0.2) is 18.1 Å². The SMILES string of the molecule is CCOc1cc(CNc2c(C)n(C)n(-c3ccccc3)c2=O)ccc1OCC#N. The Kier molecular flexibility index (Phi) is 6.25. The zero-order chi connectivity index (χ0) is 20.8. The highest BCUT2D eigenvalue weighted by Crippen LogP contribution is 2.29. The molecule has 1 aromatic heterocycles. The van der Waals surface area contributed by atoms with E-state index in [1.165, 1.54) is 0 Å². The molecule has 1 N–H and O–H groups in total. The number of para-hydroxylation sites is 1. The summed E-state index contributed by atoms with van der Waals surface area (Å²) in [5, 5.41) is 12.0. The highest BCUT2D eigenvalue weighted by atomic mass is 16.5. The zero-order valence-electron chi connectivity index (χ0n) is 16.8. The van der Waals surface area contributed by atoms with Crippen LogP contribution in [-0.4, -0.2) is 22.6 Å². The third kappa shape index (κ3) is 4.27. The minimum atomic E-state index is -0.102. The number of nitriles is 1. The van der Waals surface area contributed by atoms with Gasteiger partial charge in [-0.05, 0) is 43.7 Å². The number of rotatable bonds is 8. The molecule has 150 valence electrons. The summed E-state index contributed by atoms with van der Waals surface area (Å²) in [6.07, 6.45) is 0. The van der Waals surface area contributed by atoms with Crippen molar-refractivity contribution < 1.29 is 9.47 Å². The van der Waals surface area contributed by atoms with Crippen LogP contribution in [0.5, 0.6) is 11.5 Å². The van der Waals surface area contributed by atoms with Crippen LogP contribution in [0.2, 0.25) is 0 Å². The van der Waals surface area contributed by atoms with Crippen molar-refractivity contribution in [3.8, 4) is 23.3 Å². The van der Waals surface area contributed by atoms with Gasteiger partial charge in [0.1, 0.15) is 11.8 Å². The van der Waals surface area contributed by atoms with E-state index < -0.39 is 0 Å². The smallest absolute Gasteiger partial charge is 0.295 e. The number of ether oxygens (including phenoxy) is 2. The van der Waals surface area contributed by atoms with Crippen molar-refractivity contribution in [3.05, 3.63) is 70.1 Å². The van der Waals surface area contributed by atoms with E-state index in [4.69, 9.17) is 14.7 Å². The van der Waals surface area contributed by atoms with Gasteiger partial charge in [-0.1, -0.05) is 24.3 Å². The molecule has 0 amide bonds. The molecule has 0 aliphatic heterocycles. The van der Waals surface area contributed by atoms with Gasteiger partial charge >= 0.3 is 0 Å². The second-order valence-corrected chi connectivity index (χ2v) is 6.45. The molecule has 7 nitrogen and oxygen atoms in total. The Bertz CT molecular complexity index is 1080. The van der Waals surface area contributed by atoms with E-state index in [0.717, 1.165) is 16.9 Å². The lowest BCUT2D eigenvalue weighted by molar-refractivity contribution is 0.298. The molecule has 3 rings (SSSR count). The first-order valence-electron chi connectivity index (χ1n) is 9.40. The monoisotopic (exact) mass is 392 g/mol. The van der Waals surface area contributed by atoms with Gasteiger partial charge in [0.05, 0.1) is 18.0 Å². The minimum Gasteiger partial charge on any atom is -0.490 e. The quantitative estimate of drug-likeness (QED) is 0.635. The van der Waals surface area contributed by atoms with Gasteiger partial charge in [0, 0.05) is 13.6 Å². The third-order valence-electron chi connectivity index (χ3n) is 4.62. The number of aromatic nitrogens is 2. The highest BCUT2D eigenvalue weighted by Gasteiger charge is 2.16. The van der Waals surface area contributed by atoms with Gasteiger partial charge in [-0.3, -0.25) is 9.48 Å². The van der Waals surface area contributed by atoms with E-state index in [0.29, 0.717) is 30.3 Å². The first-order valence-corrected chi connectivity index (χ1v) is 9.40. The molecule has 1 heterocycles. The van der Waals surface area contributed by atoms with Crippen LogP contribution >= 0.6 is 0 Å². The Morgan fingerprint density at radius 2 is 1.86 bits per heavy atom. The Balaban J connectivity index is 1.84. The molecule has 0 aliphatic carbocycles. The van der Waals surface area contributed by atoms with Gasteiger partial charge in [0.2, 0.25) is 0 Å². The zero-order valence-corrected chi connectivity index (χ0v) is 16.8. The molecule has 0 radical (unpaired) electrons. The average molecular weight is 392 g/mol. The Hall–Kier alpha value is -3.66. The molecule has 0 unspecified atom stereocenters. The van der Waals surface area contributed by atoms with Crippen LogP contribution in [0.15, 0.2) is 53.3 Å². The van der Waals surface area contributed by atoms with E-state index in [1.54, 1.807) is 10.7 Å². The fraction of sp³-hybridized carbons (Fsp3) is 0.273. The van der Waals surface area contributed by atoms with Crippen molar-refractivity contribution in [3.63, 3.8) is 0 Å². The normalized spacial score (nSPS) is 10.4. The number of hydrogen-bond donors (Lipinski definition) is 1. The lowest BCUT2D eigenvalue weighted by Crippen LogP contribution is -2.21. The van der Waals surface area contributed by atoms with Gasteiger partial charge in [-0.2, -0.15) is 5.26 Å². The van der Waals surface area contributed by atoms with E-state index in [-0.39, 0.29) is 12.2 Å². The molecule has 0 aliphatic rings. The standard InChI is InChI=1S/C22H24N4O3/c1-4-28-20-14-17(10-11-19(20)29-13-12-23)15-24-21-16(2)25(3)26(22(21)27)18-8-6-5-7-9-18/h5-11,14,24H,4,13,15H2,1-3H3. The van der Waals surface area contributed by atoms with Gasteiger partial charge < -0.3 is 14.8 Å². The molecule has 7 heteroatoms. The van der Waals surface area contributed by atoms with Crippen LogP contribution in [0, 0.1) is 18.3 Å². The van der Waals surface area contributed by atoms with Crippen molar-refractivity contribution in [2.75, 3.05) is 18.5 Å². The summed E-state index contributed by atoms with van der Waals surface area (Å²) in [4.78, 5) is 13.0. The van der Waals surface area contributed by atoms with Gasteiger partial charge in [-0.15, -0.1) is 0 Å². The molecule has 2 aromatic carbocycles. The molecule has 0 saturated heterocycles. The number of benzene rings is 2. The van der Waals surface area contributed by atoms with Crippen molar-refractivity contribution in [2.24, 2.45) is 7.05 Å². The lowest BCUT2D eigenvalue weighted by Gasteiger charge is -2.12. The van der Waals surface area contributed by atoms with Crippen LogP contribution < -0.4 is 20.3 Å². The largest absolute Gasteiger partial charge is 0.490 e. The Morgan fingerprint density at radius 3 is 2.55 bits per heavy atom. The van der Waals surface area contributed by atoms with E-state index in [1.807, 2.05) is 74.1 Å². The van der Waals surface area contributed by atoms with E-state index in [2.05, 4.69) is 5.32 Å². The van der Waals surface area contributed by atoms with E-state index in [9.17, 15) is 4.79 Å². The fourth-order valence-electron chi connectivity index (χ4n) is 3.12. The molecule has 0 fully saturated rings. The summed E-state index contributed by atoms with van der Waals surface area (Å²) in [5.74, 6) is 1.10. The Labute approximate surface area is 169 Å². The van der Waals surface area contributed by atoms with Crippen molar-refractivity contribution in [1.29, 1.82) is 5.26 Å². The summed E-state index contributed by atoms with van der Waals surface area (Å²) in [5.41, 5.74) is 3.05. The van der Waals surface area contributed by atoms with Crippen LogP contribution in [-0.2, 0) is 13.6 Å². The van der Waals surface area contributed by atoms with Crippen molar-refractivity contribution >= 4 is 5.69 Å². The predicted octanol–water partition coefficient (Wildman–Crippen LogP) is 3.40. The number of nitrogens with one attached hydrogen (secondary N) is 1. The number of nitrogens with zero attached hydrogens (tertiary/aromatic N) is 3. The van der Waals surface area contributed by atoms with Crippen LogP contribution in [0.4, 0.5) is 5.69 Å². The number of hydrogen-bond acceptors (Lipinski definition) is 5. The molecule has 0 saturated carbocycles. The van der Waals surface area contributed by atoms with E-state index >= 15 is 0 Å². The Morgan fingerprint density at radius 1 is 1.10 bits per heavy atom. The summed E-state index contributed by atoms with van der Waals surface area (Å²) in [7, 11) is 1.86. The maximum Gasteiger partial charge on any atom is 0.295 e. The van der Waals surface area contributed by atoms with Gasteiger partial charge in [-0.25, -0.2) is 4.68 Å². The van der Waals surface area contributed by atoms with Crippen LogP contribution in [0.1, 0.15) is 18.2 Å². The first kappa shape index (κ1) is 20.1. The van der Waals surface area contributed by atoms with Crippen molar-refractivity contribution in [1.82, 2.24) is 9.36 Å². The summed E-state index contributed by atoms with van der Waals surface area (Å²) < 4.78 is 14.5. The summed E-state index contributed by atoms with van der Waals surface area (Å²) in [6, 6.07) is 17.0. The molecule has 3 aromatic rings. The highest BCUT2D eigenvalue weighted by molar-refractivity contribution is 5.50. The maximum absolute atomic E-state index is 13.0. The maximum atomic E-state index is 13.0. The third-order valence-corrected chi connectivity index (χ3v) is 4.62. The topological polar surface area (TPSA) is 81.2 Å². The van der Waals surface area contributed by atoms with Gasteiger partial charge in [0.25, 0.3) is 5.56 Å². The second kappa shape index (κ2) is 9.02. The summed E-state index contributed by atoms with van der Waals surface area (Å²) >= 11 is 0. The molecular weight excluding hydrogens is 368 g/mol. The summed E-state index contributed by atoms with van der Waals surface area (Å²) in [6.45, 7) is 4.69.